The molecule has 0 radical (unpaired) electrons. The second kappa shape index (κ2) is 6.94. The highest BCUT2D eigenvalue weighted by molar-refractivity contribution is 5.83. The lowest BCUT2D eigenvalue weighted by Crippen LogP contribution is -2.09. The Morgan fingerprint density at radius 3 is 2.55 bits per heavy atom. The van der Waals surface area contributed by atoms with Gasteiger partial charge in [0.05, 0.1) is 5.69 Å². The Morgan fingerprint density at radius 1 is 1.06 bits per heavy atom. The van der Waals surface area contributed by atoms with Gasteiger partial charge in [-0.1, -0.05) is 47.6 Å². The standard InChI is InChI=1S/C23H16F3N3O2/c1-29-21(17-10-8-15-11-13(12-30)7-9-16(15)20(17)27-29)22-18(23(24,25)26)19(28-31-22)14-5-3-2-4-6-14/h2-7,9,11-12H,8,10H2,1H3. The fraction of sp³-hybridized carbons (Fsp3) is 0.174. The molecule has 8 heteroatoms. The number of hydrogen-bond donors (Lipinski definition) is 0. The monoisotopic (exact) mass is 423 g/mol. The first-order chi connectivity index (χ1) is 14.9. The van der Waals surface area contributed by atoms with Gasteiger partial charge in [-0.25, -0.2) is 0 Å². The molecule has 0 saturated carbocycles. The SMILES string of the molecule is Cn1nc2c(c1-c1onc(-c3ccccc3)c1C(F)(F)F)CCc1cc(C=O)ccc1-2. The Hall–Kier alpha value is -3.68. The van der Waals surface area contributed by atoms with Crippen molar-refractivity contribution >= 4 is 6.29 Å². The van der Waals surface area contributed by atoms with Crippen LogP contribution in [0.3, 0.4) is 0 Å². The maximum atomic E-state index is 14.1. The van der Waals surface area contributed by atoms with E-state index in [1.165, 1.54) is 4.68 Å². The number of benzene rings is 2. The molecule has 0 atom stereocenters. The molecule has 0 amide bonds. The molecule has 0 bridgehead atoms. The number of nitrogens with zero attached hydrogens (tertiary/aromatic N) is 3. The van der Waals surface area contributed by atoms with E-state index in [2.05, 4.69) is 10.3 Å². The molecule has 1 aliphatic rings. The molecule has 0 N–H and O–H groups in total. The zero-order chi connectivity index (χ0) is 21.8. The van der Waals surface area contributed by atoms with Crippen molar-refractivity contribution in [1.29, 1.82) is 0 Å². The summed E-state index contributed by atoms with van der Waals surface area (Å²) < 4.78 is 49.2. The van der Waals surface area contributed by atoms with Gasteiger partial charge in [-0.05, 0) is 24.5 Å². The quantitative estimate of drug-likeness (QED) is 0.418. The minimum absolute atomic E-state index is 0.245. The second-order valence-electron chi connectivity index (χ2n) is 7.43. The second-order valence-corrected chi connectivity index (χ2v) is 7.43. The van der Waals surface area contributed by atoms with Crippen LogP contribution in [0.4, 0.5) is 13.2 Å². The maximum absolute atomic E-state index is 14.1. The van der Waals surface area contributed by atoms with Gasteiger partial charge in [0.1, 0.15) is 23.2 Å². The normalized spacial score (nSPS) is 13.0. The minimum atomic E-state index is -4.66. The summed E-state index contributed by atoms with van der Waals surface area (Å²) in [5.41, 5.74) is 3.02. The molecule has 2 aromatic carbocycles. The van der Waals surface area contributed by atoms with E-state index in [0.29, 0.717) is 35.2 Å². The van der Waals surface area contributed by atoms with Crippen LogP contribution in [-0.4, -0.2) is 21.2 Å². The van der Waals surface area contributed by atoms with Crippen LogP contribution in [0.1, 0.15) is 27.0 Å². The van der Waals surface area contributed by atoms with Gasteiger partial charge in [-0.15, -0.1) is 0 Å². The highest BCUT2D eigenvalue weighted by atomic mass is 19.4. The smallest absolute Gasteiger partial charge is 0.353 e. The van der Waals surface area contributed by atoms with E-state index >= 15 is 0 Å². The summed E-state index contributed by atoms with van der Waals surface area (Å²) in [6, 6.07) is 13.4. The first-order valence-electron chi connectivity index (χ1n) is 9.65. The summed E-state index contributed by atoms with van der Waals surface area (Å²) in [5, 5.41) is 8.29. The van der Waals surface area contributed by atoms with E-state index in [0.717, 1.165) is 17.4 Å². The Balaban J connectivity index is 1.72. The van der Waals surface area contributed by atoms with Gasteiger partial charge in [0.15, 0.2) is 5.76 Å². The number of alkyl halides is 3. The molecule has 31 heavy (non-hydrogen) atoms. The average Bonchev–Trinajstić information content (AvgIpc) is 3.34. The molecule has 0 fully saturated rings. The zero-order valence-corrected chi connectivity index (χ0v) is 16.4. The number of aromatic nitrogens is 3. The number of carbonyl (C=O) groups is 1. The third-order valence-corrected chi connectivity index (χ3v) is 5.55. The molecule has 0 spiro atoms. The van der Waals surface area contributed by atoms with Crippen LogP contribution in [0.15, 0.2) is 53.1 Å². The largest absolute Gasteiger partial charge is 0.422 e. The van der Waals surface area contributed by atoms with Crippen LogP contribution in [0, 0.1) is 0 Å². The number of aryl methyl sites for hydroxylation is 2. The maximum Gasteiger partial charge on any atom is 0.422 e. The van der Waals surface area contributed by atoms with Gasteiger partial charge < -0.3 is 4.52 Å². The fourth-order valence-electron chi connectivity index (χ4n) is 4.20. The minimum Gasteiger partial charge on any atom is -0.353 e. The van der Waals surface area contributed by atoms with Crippen molar-refractivity contribution in [3.63, 3.8) is 0 Å². The Labute approximate surface area is 175 Å². The number of halogens is 3. The summed E-state index contributed by atoms with van der Waals surface area (Å²) in [4.78, 5) is 11.1. The molecule has 4 aromatic rings. The Bertz CT molecular complexity index is 1300. The van der Waals surface area contributed by atoms with Crippen molar-refractivity contribution in [2.24, 2.45) is 7.05 Å². The molecule has 0 saturated heterocycles. The van der Waals surface area contributed by atoms with E-state index < -0.39 is 11.7 Å². The van der Waals surface area contributed by atoms with Gasteiger partial charge >= 0.3 is 6.18 Å². The van der Waals surface area contributed by atoms with Gasteiger partial charge in [0.25, 0.3) is 0 Å². The van der Waals surface area contributed by atoms with Crippen molar-refractivity contribution in [3.8, 4) is 34.0 Å². The summed E-state index contributed by atoms with van der Waals surface area (Å²) in [7, 11) is 1.60. The van der Waals surface area contributed by atoms with Crippen LogP contribution in [0.2, 0.25) is 0 Å². The van der Waals surface area contributed by atoms with Crippen molar-refractivity contribution < 1.29 is 22.5 Å². The number of aldehydes is 1. The highest BCUT2D eigenvalue weighted by Crippen LogP contribution is 2.46. The highest BCUT2D eigenvalue weighted by Gasteiger charge is 2.43. The van der Waals surface area contributed by atoms with Gasteiger partial charge in [0.2, 0.25) is 0 Å². The van der Waals surface area contributed by atoms with E-state index in [9.17, 15) is 18.0 Å². The number of carbonyl (C=O) groups excluding carboxylic acids is 1. The molecule has 5 nitrogen and oxygen atoms in total. The number of hydrogen-bond acceptors (Lipinski definition) is 4. The van der Waals surface area contributed by atoms with E-state index in [1.54, 1.807) is 55.6 Å². The third-order valence-electron chi connectivity index (χ3n) is 5.55. The molecule has 0 unspecified atom stereocenters. The van der Waals surface area contributed by atoms with Crippen LogP contribution >= 0.6 is 0 Å². The topological polar surface area (TPSA) is 60.9 Å². The zero-order valence-electron chi connectivity index (χ0n) is 16.4. The van der Waals surface area contributed by atoms with Gasteiger partial charge in [0, 0.05) is 29.3 Å². The molecule has 2 heterocycles. The summed E-state index contributed by atoms with van der Waals surface area (Å²) in [5.74, 6) is -0.337. The number of rotatable bonds is 3. The summed E-state index contributed by atoms with van der Waals surface area (Å²) in [6.45, 7) is 0. The molecule has 2 aromatic heterocycles. The summed E-state index contributed by atoms with van der Waals surface area (Å²) >= 11 is 0. The molecule has 156 valence electrons. The molecular formula is C23H16F3N3O2. The molecule has 5 rings (SSSR count). The third kappa shape index (κ3) is 3.06. The van der Waals surface area contributed by atoms with Gasteiger partial charge in [-0.3, -0.25) is 9.48 Å². The van der Waals surface area contributed by atoms with Crippen LogP contribution in [0.25, 0.3) is 34.0 Å². The summed E-state index contributed by atoms with van der Waals surface area (Å²) in [6.07, 6.45) is -2.83. The van der Waals surface area contributed by atoms with E-state index in [1.807, 2.05) is 0 Å². The molecule has 1 aliphatic carbocycles. The van der Waals surface area contributed by atoms with Crippen molar-refractivity contribution in [1.82, 2.24) is 14.9 Å². The first-order valence-corrected chi connectivity index (χ1v) is 9.65. The van der Waals surface area contributed by atoms with Crippen LogP contribution in [0.5, 0.6) is 0 Å². The Kier molecular flexibility index (Phi) is 4.32. The molecular weight excluding hydrogens is 407 g/mol. The van der Waals surface area contributed by atoms with Gasteiger partial charge in [-0.2, -0.15) is 18.3 Å². The lowest BCUT2D eigenvalue weighted by Gasteiger charge is -2.16. The van der Waals surface area contributed by atoms with E-state index in [-0.39, 0.29) is 17.1 Å². The van der Waals surface area contributed by atoms with Crippen LogP contribution in [-0.2, 0) is 26.1 Å². The lowest BCUT2D eigenvalue weighted by atomic mass is 9.87. The predicted molar refractivity (Wildman–Crippen MR) is 107 cm³/mol. The van der Waals surface area contributed by atoms with E-state index in [4.69, 9.17) is 4.52 Å². The van der Waals surface area contributed by atoms with Crippen LogP contribution < -0.4 is 0 Å². The van der Waals surface area contributed by atoms with Crippen molar-refractivity contribution in [3.05, 3.63) is 70.8 Å². The fourth-order valence-corrected chi connectivity index (χ4v) is 4.20. The van der Waals surface area contributed by atoms with Crippen molar-refractivity contribution in [2.75, 3.05) is 0 Å². The molecule has 0 aliphatic heterocycles. The van der Waals surface area contributed by atoms with Crippen molar-refractivity contribution in [2.45, 2.75) is 19.0 Å². The average molecular weight is 423 g/mol. The lowest BCUT2D eigenvalue weighted by molar-refractivity contribution is -0.136. The predicted octanol–water partition coefficient (Wildman–Crippen LogP) is 5.34. The first kappa shape index (κ1) is 19.3. The Morgan fingerprint density at radius 2 is 1.84 bits per heavy atom. The number of fused-ring (bicyclic) bond motifs is 3.